The highest BCUT2D eigenvalue weighted by atomic mass is 32.2. The van der Waals surface area contributed by atoms with Crippen LogP contribution in [0.4, 0.5) is 0 Å². The van der Waals surface area contributed by atoms with E-state index in [1.807, 2.05) is 18.2 Å². The molecule has 1 amide bonds. The molecular formula is C15H18N2O3S. The lowest BCUT2D eigenvalue weighted by Gasteiger charge is -2.17. The monoisotopic (exact) mass is 306 g/mol. The zero-order chi connectivity index (χ0) is 14.9. The Labute approximate surface area is 124 Å². The summed E-state index contributed by atoms with van der Waals surface area (Å²) in [7, 11) is -3.04. The summed E-state index contributed by atoms with van der Waals surface area (Å²) in [5, 5.41) is 4.24. The molecule has 1 aliphatic carbocycles. The molecule has 1 aromatic carbocycles. The Balaban J connectivity index is 1.71. The maximum Gasteiger partial charge on any atom is 0.244 e. The van der Waals surface area contributed by atoms with E-state index in [0.29, 0.717) is 6.42 Å². The molecule has 0 radical (unpaired) electrons. The zero-order valence-corrected chi connectivity index (χ0v) is 12.5. The van der Waals surface area contributed by atoms with Crippen molar-refractivity contribution >= 4 is 21.5 Å². The summed E-state index contributed by atoms with van der Waals surface area (Å²) in [6, 6.07) is 8.06. The van der Waals surface area contributed by atoms with Crippen LogP contribution in [-0.2, 0) is 21.1 Å². The van der Waals surface area contributed by atoms with E-state index in [-0.39, 0.29) is 17.4 Å². The van der Waals surface area contributed by atoms with Crippen molar-refractivity contribution in [1.82, 2.24) is 5.43 Å². The fourth-order valence-corrected chi connectivity index (χ4v) is 4.67. The van der Waals surface area contributed by atoms with Gasteiger partial charge in [-0.3, -0.25) is 4.79 Å². The van der Waals surface area contributed by atoms with Gasteiger partial charge in [0.15, 0.2) is 9.84 Å². The zero-order valence-electron chi connectivity index (χ0n) is 11.7. The number of nitrogens with zero attached hydrogens (tertiary/aromatic N) is 1. The third-order valence-corrected chi connectivity index (χ3v) is 5.86. The van der Waals surface area contributed by atoms with E-state index >= 15 is 0 Å². The molecule has 1 atom stereocenters. The molecule has 5 nitrogen and oxygen atoms in total. The van der Waals surface area contributed by atoms with Crippen molar-refractivity contribution in [2.45, 2.75) is 25.7 Å². The molecule has 112 valence electrons. The van der Waals surface area contributed by atoms with E-state index in [4.69, 9.17) is 0 Å². The van der Waals surface area contributed by atoms with Crippen LogP contribution in [0.5, 0.6) is 0 Å². The molecule has 21 heavy (non-hydrogen) atoms. The molecule has 0 saturated carbocycles. The quantitative estimate of drug-likeness (QED) is 0.836. The van der Waals surface area contributed by atoms with Crippen molar-refractivity contribution in [3.05, 3.63) is 35.4 Å². The van der Waals surface area contributed by atoms with E-state index in [1.165, 1.54) is 5.56 Å². The van der Waals surface area contributed by atoms with Crippen LogP contribution < -0.4 is 5.43 Å². The number of sulfone groups is 1. The molecule has 1 fully saturated rings. The number of fused-ring (bicyclic) bond motifs is 1. The minimum absolute atomic E-state index is 0.0553. The molecule has 0 bridgehead atoms. The highest BCUT2D eigenvalue weighted by Crippen LogP contribution is 2.22. The van der Waals surface area contributed by atoms with Crippen LogP contribution in [0.3, 0.4) is 0 Å². The van der Waals surface area contributed by atoms with E-state index < -0.39 is 15.8 Å². The predicted octanol–water partition coefficient (Wildman–Crippen LogP) is 1.28. The minimum Gasteiger partial charge on any atom is -0.273 e. The van der Waals surface area contributed by atoms with Gasteiger partial charge >= 0.3 is 0 Å². The molecule has 6 heteroatoms. The van der Waals surface area contributed by atoms with Crippen molar-refractivity contribution in [2.24, 2.45) is 11.0 Å². The van der Waals surface area contributed by atoms with Gasteiger partial charge in [0.1, 0.15) is 0 Å². The van der Waals surface area contributed by atoms with Gasteiger partial charge in [0, 0.05) is 5.56 Å². The molecule has 3 rings (SSSR count). The number of rotatable bonds is 2. The smallest absolute Gasteiger partial charge is 0.244 e. The third-order valence-electron chi connectivity index (χ3n) is 4.09. The Morgan fingerprint density at radius 3 is 2.81 bits per heavy atom. The molecule has 1 aliphatic heterocycles. The van der Waals surface area contributed by atoms with Crippen LogP contribution in [0.15, 0.2) is 29.4 Å². The summed E-state index contributed by atoms with van der Waals surface area (Å²) < 4.78 is 22.8. The third kappa shape index (κ3) is 3.15. The van der Waals surface area contributed by atoms with E-state index in [2.05, 4.69) is 16.6 Å². The molecule has 1 saturated heterocycles. The number of nitrogens with one attached hydrogen (secondary N) is 1. The van der Waals surface area contributed by atoms with Crippen LogP contribution in [-0.4, -0.2) is 31.5 Å². The molecule has 2 aliphatic rings. The Morgan fingerprint density at radius 2 is 2.05 bits per heavy atom. The number of hydrogen-bond acceptors (Lipinski definition) is 4. The second-order valence-electron chi connectivity index (χ2n) is 5.65. The van der Waals surface area contributed by atoms with Crippen LogP contribution in [0.25, 0.3) is 0 Å². The number of carbonyl (C=O) groups is 1. The summed E-state index contributed by atoms with van der Waals surface area (Å²) in [5.74, 6) is -0.699. The maximum absolute atomic E-state index is 12.0. The van der Waals surface area contributed by atoms with Crippen molar-refractivity contribution in [2.75, 3.05) is 11.5 Å². The first kappa shape index (κ1) is 14.3. The predicted molar refractivity (Wildman–Crippen MR) is 80.8 cm³/mol. The van der Waals surface area contributed by atoms with Crippen molar-refractivity contribution in [3.8, 4) is 0 Å². The number of carbonyl (C=O) groups excluding carboxylic acids is 1. The molecule has 1 heterocycles. The number of hydrogen-bond donors (Lipinski definition) is 1. The first-order valence-corrected chi connectivity index (χ1v) is 9.02. The second kappa shape index (κ2) is 5.60. The Kier molecular flexibility index (Phi) is 3.80. The number of hydrazone groups is 1. The van der Waals surface area contributed by atoms with Gasteiger partial charge in [-0.05, 0) is 31.2 Å². The Morgan fingerprint density at radius 1 is 1.24 bits per heavy atom. The summed E-state index contributed by atoms with van der Waals surface area (Å²) >= 11 is 0. The Hall–Kier alpha value is -1.69. The fraction of sp³-hybridized carbons (Fsp3) is 0.467. The lowest BCUT2D eigenvalue weighted by atomic mass is 9.90. The SMILES string of the molecule is O=C(NN=C1CCCc2ccccc21)[C@H]1CCS(=O)(=O)C1. The molecule has 1 N–H and O–H groups in total. The van der Waals surface area contributed by atoms with Gasteiger partial charge in [0.25, 0.3) is 0 Å². The fourth-order valence-electron chi connectivity index (χ4n) is 2.93. The highest BCUT2D eigenvalue weighted by Gasteiger charge is 2.33. The summed E-state index contributed by atoms with van der Waals surface area (Å²) in [6.45, 7) is 0. The number of aryl methyl sites for hydroxylation is 1. The summed E-state index contributed by atoms with van der Waals surface area (Å²) in [4.78, 5) is 12.0. The number of benzene rings is 1. The van der Waals surface area contributed by atoms with Gasteiger partial charge in [-0.15, -0.1) is 0 Å². The average molecular weight is 306 g/mol. The normalized spacial score (nSPS) is 25.5. The molecule has 1 aromatic rings. The van der Waals surface area contributed by atoms with Gasteiger partial charge in [-0.2, -0.15) is 5.10 Å². The highest BCUT2D eigenvalue weighted by molar-refractivity contribution is 7.91. The van der Waals surface area contributed by atoms with Crippen LogP contribution in [0.1, 0.15) is 30.4 Å². The molecule has 0 aromatic heterocycles. The lowest BCUT2D eigenvalue weighted by Crippen LogP contribution is -2.29. The molecule has 0 spiro atoms. The van der Waals surface area contributed by atoms with Gasteiger partial charge in [0.05, 0.1) is 23.1 Å². The largest absolute Gasteiger partial charge is 0.273 e. The van der Waals surface area contributed by atoms with Crippen LogP contribution >= 0.6 is 0 Å². The van der Waals surface area contributed by atoms with Crippen molar-refractivity contribution in [3.63, 3.8) is 0 Å². The van der Waals surface area contributed by atoms with Crippen molar-refractivity contribution in [1.29, 1.82) is 0 Å². The van der Waals surface area contributed by atoms with Crippen molar-refractivity contribution < 1.29 is 13.2 Å². The minimum atomic E-state index is -3.04. The second-order valence-corrected chi connectivity index (χ2v) is 7.87. The van der Waals surface area contributed by atoms with Crippen LogP contribution in [0.2, 0.25) is 0 Å². The summed E-state index contributed by atoms with van der Waals surface area (Å²) in [5.41, 5.74) is 5.77. The van der Waals surface area contributed by atoms with E-state index in [9.17, 15) is 13.2 Å². The van der Waals surface area contributed by atoms with E-state index in [1.54, 1.807) is 0 Å². The summed E-state index contributed by atoms with van der Waals surface area (Å²) in [6.07, 6.45) is 3.28. The first-order chi connectivity index (χ1) is 10.1. The standard InChI is InChI=1S/C15H18N2O3S/c18-15(12-8-9-21(19,20)10-12)17-16-14-7-3-5-11-4-1-2-6-13(11)14/h1-2,4,6,12H,3,5,7-10H2,(H,17,18)/t12-/m0/s1. The molecule has 0 unspecified atom stereocenters. The number of amides is 1. The van der Waals surface area contributed by atoms with E-state index in [0.717, 1.165) is 30.5 Å². The average Bonchev–Trinajstić information content (AvgIpc) is 2.85. The van der Waals surface area contributed by atoms with Gasteiger partial charge in [-0.25, -0.2) is 13.8 Å². The van der Waals surface area contributed by atoms with Gasteiger partial charge in [0.2, 0.25) is 5.91 Å². The lowest BCUT2D eigenvalue weighted by molar-refractivity contribution is -0.124. The van der Waals surface area contributed by atoms with Gasteiger partial charge < -0.3 is 0 Å². The molecular weight excluding hydrogens is 288 g/mol. The first-order valence-electron chi connectivity index (χ1n) is 7.20. The van der Waals surface area contributed by atoms with Gasteiger partial charge in [-0.1, -0.05) is 24.3 Å². The van der Waals surface area contributed by atoms with Crippen LogP contribution in [0, 0.1) is 5.92 Å². The topological polar surface area (TPSA) is 75.6 Å². The Bertz CT molecular complexity index is 695. The maximum atomic E-state index is 12.0.